The van der Waals surface area contributed by atoms with Crippen molar-refractivity contribution >= 4 is 11.9 Å². The monoisotopic (exact) mass is 124 g/mol. The number of aliphatic imine (C=N–C) groups is 1. The molecule has 0 radical (unpaired) electrons. The maximum Gasteiger partial charge on any atom is 0.0298 e. The largest absolute Gasteiger partial charge is 0.306 e. The number of rotatable bonds is 3. The minimum atomic E-state index is 0.531. The van der Waals surface area contributed by atoms with Gasteiger partial charge in [0.25, 0.3) is 0 Å². The highest BCUT2D eigenvalue weighted by Gasteiger charge is 1.70. The highest BCUT2D eigenvalue weighted by Crippen LogP contribution is 1.77. The number of nitrogens with one attached hydrogen (secondary N) is 1. The molecular weight excluding hydrogens is 112 g/mol. The summed E-state index contributed by atoms with van der Waals surface area (Å²) in [4.78, 5) is 3.88. The summed E-state index contributed by atoms with van der Waals surface area (Å²) in [5.74, 6) is 0. The minimum Gasteiger partial charge on any atom is -0.306 e. The van der Waals surface area contributed by atoms with Crippen LogP contribution in [0.5, 0.6) is 0 Å². The normalized spacial score (nSPS) is 11.3. The van der Waals surface area contributed by atoms with Gasteiger partial charge in [-0.1, -0.05) is 6.92 Å². The van der Waals surface area contributed by atoms with Crippen LogP contribution in [0.1, 0.15) is 20.3 Å². The van der Waals surface area contributed by atoms with E-state index >= 15 is 0 Å². The van der Waals surface area contributed by atoms with E-state index in [1.807, 2.05) is 6.92 Å². The quantitative estimate of drug-likeness (QED) is 0.559. The molecular formula is C7H12N2. The summed E-state index contributed by atoms with van der Waals surface area (Å²) in [6.45, 7) is 3.74. The molecule has 1 N–H and O–H groups in total. The molecule has 0 aliphatic rings. The highest BCUT2D eigenvalue weighted by molar-refractivity contribution is 5.89. The van der Waals surface area contributed by atoms with Crippen LogP contribution in [0.3, 0.4) is 0 Å². The third-order valence-electron chi connectivity index (χ3n) is 0.699. The first kappa shape index (κ1) is 8.08. The van der Waals surface area contributed by atoms with Gasteiger partial charge in [0.15, 0.2) is 0 Å². The summed E-state index contributed by atoms with van der Waals surface area (Å²) < 4.78 is 0. The average Bonchev–Trinajstić information content (AvgIpc) is 1.80. The fourth-order valence-electron chi connectivity index (χ4n) is 0.321. The lowest BCUT2D eigenvalue weighted by molar-refractivity contribution is 1.31. The molecule has 0 aromatic heterocycles. The van der Waals surface area contributed by atoms with Crippen LogP contribution in [-0.4, -0.2) is 11.9 Å². The molecule has 0 aliphatic carbocycles. The lowest BCUT2D eigenvalue weighted by atomic mass is 10.4. The van der Waals surface area contributed by atoms with Crippen LogP contribution in [0.15, 0.2) is 17.3 Å². The molecule has 2 nitrogen and oxygen atoms in total. The molecule has 0 spiro atoms. The van der Waals surface area contributed by atoms with Gasteiger partial charge < -0.3 is 5.41 Å². The standard InChI is InChI=1S/C7H12N2/c1-3-5-9-6-4-7(2)8/h4-6,8H,3H2,1-2H3/b6-4-,8-7?,9-5?. The van der Waals surface area contributed by atoms with Gasteiger partial charge in [0.1, 0.15) is 0 Å². The van der Waals surface area contributed by atoms with Crippen molar-refractivity contribution in [3.8, 4) is 0 Å². The van der Waals surface area contributed by atoms with Crippen LogP contribution in [0.4, 0.5) is 0 Å². The summed E-state index contributed by atoms with van der Waals surface area (Å²) in [6, 6.07) is 0. The molecule has 0 heterocycles. The smallest absolute Gasteiger partial charge is 0.0298 e. The van der Waals surface area contributed by atoms with Crippen LogP contribution >= 0.6 is 0 Å². The van der Waals surface area contributed by atoms with E-state index in [0.29, 0.717) is 5.71 Å². The third kappa shape index (κ3) is 7.08. The summed E-state index contributed by atoms with van der Waals surface area (Å²) in [7, 11) is 0. The molecule has 0 aliphatic heterocycles. The molecule has 0 saturated carbocycles. The fraction of sp³-hybridized carbons (Fsp3) is 0.429. The van der Waals surface area contributed by atoms with Crippen molar-refractivity contribution < 1.29 is 0 Å². The van der Waals surface area contributed by atoms with Crippen molar-refractivity contribution in [1.29, 1.82) is 5.41 Å². The topological polar surface area (TPSA) is 36.2 Å². The molecule has 2 heteroatoms. The highest BCUT2D eigenvalue weighted by atomic mass is 14.7. The lowest BCUT2D eigenvalue weighted by Crippen LogP contribution is -1.76. The maximum atomic E-state index is 6.97. The van der Waals surface area contributed by atoms with Gasteiger partial charge in [-0.05, 0) is 19.4 Å². The van der Waals surface area contributed by atoms with E-state index in [2.05, 4.69) is 4.99 Å². The van der Waals surface area contributed by atoms with Crippen molar-refractivity contribution in [2.75, 3.05) is 0 Å². The van der Waals surface area contributed by atoms with E-state index in [0.717, 1.165) is 6.42 Å². The summed E-state index contributed by atoms with van der Waals surface area (Å²) in [5.41, 5.74) is 0.531. The van der Waals surface area contributed by atoms with E-state index in [1.165, 1.54) is 0 Å². The Morgan fingerprint density at radius 2 is 2.33 bits per heavy atom. The van der Waals surface area contributed by atoms with Gasteiger partial charge in [0.05, 0.1) is 0 Å². The Hall–Kier alpha value is -0.920. The Labute approximate surface area is 55.8 Å². The van der Waals surface area contributed by atoms with E-state index in [4.69, 9.17) is 5.41 Å². The van der Waals surface area contributed by atoms with Crippen molar-refractivity contribution in [3.05, 3.63) is 12.3 Å². The average molecular weight is 124 g/mol. The van der Waals surface area contributed by atoms with Crippen molar-refractivity contribution in [3.63, 3.8) is 0 Å². The summed E-state index contributed by atoms with van der Waals surface area (Å²) in [6.07, 6.45) is 6.04. The zero-order valence-corrected chi connectivity index (χ0v) is 5.89. The van der Waals surface area contributed by atoms with Crippen LogP contribution in [0.25, 0.3) is 0 Å². The second-order valence-electron chi connectivity index (χ2n) is 1.74. The van der Waals surface area contributed by atoms with Gasteiger partial charge in [-0.3, -0.25) is 4.99 Å². The predicted octanol–water partition coefficient (Wildman–Crippen LogP) is 2.02. The second-order valence-corrected chi connectivity index (χ2v) is 1.74. The zero-order valence-electron chi connectivity index (χ0n) is 5.89. The number of hydrogen-bond donors (Lipinski definition) is 1. The molecule has 0 atom stereocenters. The first-order valence-electron chi connectivity index (χ1n) is 3.00. The fourth-order valence-corrected chi connectivity index (χ4v) is 0.321. The van der Waals surface area contributed by atoms with Crippen LogP contribution in [0.2, 0.25) is 0 Å². The number of nitrogens with zero attached hydrogens (tertiary/aromatic N) is 1. The second kappa shape index (κ2) is 5.22. The Balaban J connectivity index is 3.47. The SMILES string of the molecule is CCC=N/C=C\C(C)=N. The predicted molar refractivity (Wildman–Crippen MR) is 41.3 cm³/mol. The Kier molecular flexibility index (Phi) is 4.69. The molecule has 0 unspecified atom stereocenters. The van der Waals surface area contributed by atoms with Crippen molar-refractivity contribution in [2.45, 2.75) is 20.3 Å². The lowest BCUT2D eigenvalue weighted by Gasteiger charge is -1.78. The molecule has 0 rings (SSSR count). The van der Waals surface area contributed by atoms with Gasteiger partial charge in [-0.2, -0.15) is 0 Å². The maximum absolute atomic E-state index is 6.97. The molecule has 0 fully saturated rings. The molecule has 0 aromatic carbocycles. The molecule has 9 heavy (non-hydrogen) atoms. The first-order chi connectivity index (χ1) is 4.27. The van der Waals surface area contributed by atoms with E-state index in [9.17, 15) is 0 Å². The van der Waals surface area contributed by atoms with Crippen LogP contribution in [-0.2, 0) is 0 Å². The summed E-state index contributed by atoms with van der Waals surface area (Å²) >= 11 is 0. The Bertz CT molecular complexity index is 134. The molecule has 0 aromatic rings. The van der Waals surface area contributed by atoms with E-state index < -0.39 is 0 Å². The van der Waals surface area contributed by atoms with Gasteiger partial charge in [0.2, 0.25) is 0 Å². The third-order valence-corrected chi connectivity index (χ3v) is 0.699. The van der Waals surface area contributed by atoms with Gasteiger partial charge in [0, 0.05) is 18.1 Å². The minimum absolute atomic E-state index is 0.531. The molecule has 50 valence electrons. The number of allylic oxidation sites excluding steroid dienone is 1. The zero-order chi connectivity index (χ0) is 7.11. The van der Waals surface area contributed by atoms with Gasteiger partial charge in [-0.15, -0.1) is 0 Å². The first-order valence-corrected chi connectivity index (χ1v) is 3.00. The van der Waals surface area contributed by atoms with Crippen LogP contribution in [0, 0.1) is 5.41 Å². The number of hydrogen-bond acceptors (Lipinski definition) is 2. The van der Waals surface area contributed by atoms with Gasteiger partial charge in [-0.25, -0.2) is 0 Å². The Morgan fingerprint density at radius 3 is 2.78 bits per heavy atom. The van der Waals surface area contributed by atoms with E-state index in [1.54, 1.807) is 25.4 Å². The Morgan fingerprint density at radius 1 is 1.67 bits per heavy atom. The van der Waals surface area contributed by atoms with E-state index in [-0.39, 0.29) is 0 Å². The van der Waals surface area contributed by atoms with Crippen molar-refractivity contribution in [2.24, 2.45) is 4.99 Å². The summed E-state index contributed by atoms with van der Waals surface area (Å²) in [5, 5.41) is 6.97. The van der Waals surface area contributed by atoms with Gasteiger partial charge >= 0.3 is 0 Å². The van der Waals surface area contributed by atoms with Crippen LogP contribution < -0.4 is 0 Å². The molecule has 0 bridgehead atoms. The van der Waals surface area contributed by atoms with Crippen molar-refractivity contribution in [1.82, 2.24) is 0 Å². The molecule has 0 saturated heterocycles. The molecule has 0 amide bonds.